The van der Waals surface area contributed by atoms with Crippen LogP contribution >= 0.6 is 0 Å². The van der Waals surface area contributed by atoms with Crippen LogP contribution in [-0.2, 0) is 25.7 Å². The number of aliphatic carboxylic acids is 1. The van der Waals surface area contributed by atoms with E-state index in [1.165, 1.54) is 4.90 Å². The van der Waals surface area contributed by atoms with Crippen LogP contribution in [0.4, 0.5) is 4.79 Å². The van der Waals surface area contributed by atoms with Crippen molar-refractivity contribution in [3.8, 4) is 6.01 Å². The lowest BCUT2D eigenvalue weighted by Crippen LogP contribution is -2.56. The van der Waals surface area contributed by atoms with Gasteiger partial charge in [-0.3, -0.25) is 14.2 Å². The Bertz CT molecular complexity index is 1730. The SMILES string of the molecule is CC(C)(C)OC(=O)N[C@H]1CCCCC/C=C\[C@H]2C[C@@]2(C(=O)O)NC(=O)[C@@H]2C[C@@H](Oc3nc4ccccc4n3Cc3ccccc3)CN2C1=O. The van der Waals surface area contributed by atoms with Crippen LogP contribution in [0.25, 0.3) is 11.0 Å². The van der Waals surface area contributed by atoms with Gasteiger partial charge in [0, 0.05) is 12.3 Å². The highest BCUT2D eigenvalue weighted by atomic mass is 16.6. The quantitative estimate of drug-likeness (QED) is 0.316. The molecule has 260 valence electrons. The van der Waals surface area contributed by atoms with Crippen molar-refractivity contribution in [3.05, 3.63) is 72.3 Å². The van der Waals surface area contributed by atoms with Gasteiger partial charge in [-0.2, -0.15) is 4.98 Å². The Morgan fingerprint density at radius 1 is 1.06 bits per heavy atom. The van der Waals surface area contributed by atoms with Gasteiger partial charge in [-0.05, 0) is 64.2 Å². The van der Waals surface area contributed by atoms with Gasteiger partial charge in [-0.1, -0.05) is 67.5 Å². The first kappa shape index (κ1) is 34.0. The standard InChI is InChI=1S/C37H45N5O7/c1-36(2,3)49-35(47)39-28-18-11-6-4-5-10-16-25-21-37(25,33(45)46)40-31(43)30-20-26(23-41(30)32(28)44)48-34-38-27-17-12-13-19-29(27)42(34)22-24-14-8-7-9-15-24/h7-10,12-17,19,25-26,28,30H,4-6,11,18,20-23H2,1-3H3,(H,39,47)(H,40,43)(H,45,46)/b16-10-/t25-,26+,28-,30-,37+/m0/s1. The fraction of sp³-hybridized carbons (Fsp3) is 0.486. The zero-order chi connectivity index (χ0) is 34.8. The zero-order valence-electron chi connectivity index (χ0n) is 28.3. The summed E-state index contributed by atoms with van der Waals surface area (Å²) in [4.78, 5) is 59.9. The maximum absolute atomic E-state index is 14.3. The van der Waals surface area contributed by atoms with Crippen LogP contribution in [0.5, 0.6) is 6.01 Å². The molecule has 0 bridgehead atoms. The minimum atomic E-state index is -1.43. The van der Waals surface area contributed by atoms with Crippen LogP contribution in [0.3, 0.4) is 0 Å². The van der Waals surface area contributed by atoms with Crippen molar-refractivity contribution in [3.63, 3.8) is 0 Å². The fourth-order valence-electron chi connectivity index (χ4n) is 6.81. The number of fused-ring (bicyclic) bond motifs is 3. The van der Waals surface area contributed by atoms with Gasteiger partial charge in [0.05, 0.1) is 24.1 Å². The summed E-state index contributed by atoms with van der Waals surface area (Å²) in [5.41, 5.74) is 0.464. The second-order valence-electron chi connectivity index (χ2n) is 14.3. The van der Waals surface area contributed by atoms with E-state index in [9.17, 15) is 24.3 Å². The van der Waals surface area contributed by atoms with E-state index in [4.69, 9.17) is 14.5 Å². The van der Waals surface area contributed by atoms with Crippen LogP contribution in [0.1, 0.15) is 71.3 Å². The van der Waals surface area contributed by atoms with E-state index >= 15 is 0 Å². The Hall–Kier alpha value is -4.87. The number of hydrogen-bond acceptors (Lipinski definition) is 7. The Kier molecular flexibility index (Phi) is 9.67. The molecule has 0 radical (unpaired) electrons. The summed E-state index contributed by atoms with van der Waals surface area (Å²) < 4.78 is 14.0. The third-order valence-electron chi connectivity index (χ3n) is 9.39. The molecule has 3 aliphatic rings. The largest absolute Gasteiger partial charge is 0.479 e. The third-order valence-corrected chi connectivity index (χ3v) is 9.39. The molecule has 3 amide bonds. The van der Waals surface area contributed by atoms with Gasteiger partial charge in [0.25, 0.3) is 6.01 Å². The van der Waals surface area contributed by atoms with E-state index < -0.39 is 53.2 Å². The molecule has 2 aliphatic heterocycles. The summed E-state index contributed by atoms with van der Waals surface area (Å²) in [6.45, 7) is 5.77. The molecule has 2 aromatic carbocycles. The normalized spacial score (nSPS) is 26.8. The average molecular weight is 672 g/mol. The number of nitrogens with one attached hydrogen (secondary N) is 2. The predicted molar refractivity (Wildman–Crippen MR) is 182 cm³/mol. The Morgan fingerprint density at radius 2 is 1.82 bits per heavy atom. The first-order valence-electron chi connectivity index (χ1n) is 17.1. The summed E-state index contributed by atoms with van der Waals surface area (Å²) in [6, 6.07) is 16.0. The van der Waals surface area contributed by atoms with Crippen molar-refractivity contribution >= 4 is 34.9 Å². The Labute approximate surface area is 285 Å². The number of amides is 3. The predicted octanol–water partition coefficient (Wildman–Crippen LogP) is 4.81. The summed E-state index contributed by atoms with van der Waals surface area (Å²) in [7, 11) is 0. The highest BCUT2D eigenvalue weighted by Gasteiger charge is 2.61. The summed E-state index contributed by atoms with van der Waals surface area (Å²) in [6.07, 6.45) is 6.29. The molecule has 0 spiro atoms. The highest BCUT2D eigenvalue weighted by Crippen LogP contribution is 2.45. The van der Waals surface area contributed by atoms with Gasteiger partial charge in [0.1, 0.15) is 29.3 Å². The van der Waals surface area contributed by atoms with E-state index in [1.54, 1.807) is 20.8 Å². The number of carboxylic acid groups (broad SMARTS) is 1. The van der Waals surface area contributed by atoms with Gasteiger partial charge in [-0.25, -0.2) is 9.59 Å². The van der Waals surface area contributed by atoms with Crippen molar-refractivity contribution in [2.45, 2.75) is 102 Å². The molecule has 1 saturated heterocycles. The number of hydrogen-bond donors (Lipinski definition) is 3. The second kappa shape index (κ2) is 13.9. The number of benzene rings is 2. The minimum Gasteiger partial charge on any atom is -0.479 e. The third kappa shape index (κ3) is 7.73. The molecule has 49 heavy (non-hydrogen) atoms. The number of imidazole rings is 1. The smallest absolute Gasteiger partial charge is 0.408 e. The van der Waals surface area contributed by atoms with Crippen LogP contribution in [0.15, 0.2) is 66.7 Å². The van der Waals surface area contributed by atoms with Gasteiger partial charge >= 0.3 is 12.1 Å². The summed E-state index contributed by atoms with van der Waals surface area (Å²) in [5.74, 6) is -2.46. The van der Waals surface area contributed by atoms with Gasteiger partial charge in [0.2, 0.25) is 11.8 Å². The number of carboxylic acids is 1. The molecule has 5 atom stereocenters. The van der Waals surface area contributed by atoms with Crippen molar-refractivity contribution in [1.82, 2.24) is 25.1 Å². The van der Waals surface area contributed by atoms with Gasteiger partial charge in [0.15, 0.2) is 0 Å². The van der Waals surface area contributed by atoms with Crippen LogP contribution in [0.2, 0.25) is 0 Å². The summed E-state index contributed by atoms with van der Waals surface area (Å²) in [5, 5.41) is 15.7. The lowest BCUT2D eigenvalue weighted by molar-refractivity contribution is -0.145. The van der Waals surface area contributed by atoms with E-state index in [0.29, 0.717) is 25.4 Å². The number of ether oxygens (including phenoxy) is 2. The lowest BCUT2D eigenvalue weighted by Gasteiger charge is -2.30. The fourth-order valence-corrected chi connectivity index (χ4v) is 6.81. The molecule has 3 N–H and O–H groups in total. The first-order valence-corrected chi connectivity index (χ1v) is 17.1. The molecule has 12 nitrogen and oxygen atoms in total. The molecule has 3 heterocycles. The zero-order valence-corrected chi connectivity index (χ0v) is 28.3. The number of alkyl carbamates (subject to hydrolysis) is 1. The monoisotopic (exact) mass is 671 g/mol. The average Bonchev–Trinajstić information content (AvgIpc) is 3.41. The van der Waals surface area contributed by atoms with E-state index in [-0.39, 0.29) is 25.3 Å². The van der Waals surface area contributed by atoms with E-state index in [2.05, 4.69) is 10.6 Å². The highest BCUT2D eigenvalue weighted by molar-refractivity contribution is 5.96. The molecule has 6 rings (SSSR count). The molecule has 0 unspecified atom stereocenters. The van der Waals surface area contributed by atoms with Gasteiger partial charge in [-0.15, -0.1) is 0 Å². The molecule has 1 aromatic heterocycles. The van der Waals surface area contributed by atoms with Crippen molar-refractivity contribution < 1.29 is 33.8 Å². The van der Waals surface area contributed by atoms with Crippen molar-refractivity contribution in [1.29, 1.82) is 0 Å². The maximum Gasteiger partial charge on any atom is 0.408 e. The molecule has 1 saturated carbocycles. The van der Waals surface area contributed by atoms with Crippen LogP contribution < -0.4 is 15.4 Å². The molecule has 3 aromatic rings. The lowest BCUT2D eigenvalue weighted by atomic mass is 10.0. The maximum atomic E-state index is 14.3. The molecular formula is C37H45N5O7. The molecule has 2 fully saturated rings. The topological polar surface area (TPSA) is 152 Å². The number of rotatable bonds is 6. The minimum absolute atomic E-state index is 0.0430. The second-order valence-corrected chi connectivity index (χ2v) is 14.3. The number of para-hydroxylation sites is 2. The van der Waals surface area contributed by atoms with Crippen LogP contribution in [-0.4, -0.2) is 79.3 Å². The molecule has 12 heteroatoms. The van der Waals surface area contributed by atoms with Crippen molar-refractivity contribution in [2.75, 3.05) is 6.54 Å². The number of aromatic nitrogens is 2. The molecular weight excluding hydrogens is 626 g/mol. The van der Waals surface area contributed by atoms with Crippen molar-refractivity contribution in [2.24, 2.45) is 5.92 Å². The van der Waals surface area contributed by atoms with E-state index in [0.717, 1.165) is 35.9 Å². The first-order chi connectivity index (χ1) is 23.4. The van der Waals surface area contributed by atoms with Gasteiger partial charge < -0.3 is 30.1 Å². The van der Waals surface area contributed by atoms with Crippen LogP contribution in [0, 0.1) is 5.92 Å². The number of allylic oxidation sites excluding steroid dienone is 1. The Morgan fingerprint density at radius 3 is 2.57 bits per heavy atom. The number of carbonyl (C=O) groups excluding carboxylic acids is 3. The molecule has 1 aliphatic carbocycles. The van der Waals surface area contributed by atoms with E-state index in [1.807, 2.05) is 71.3 Å². The number of nitrogens with zero attached hydrogens (tertiary/aromatic N) is 3. The number of carbonyl (C=O) groups is 4. The summed E-state index contributed by atoms with van der Waals surface area (Å²) >= 11 is 0. The Balaban J connectivity index is 1.31.